The van der Waals surface area contributed by atoms with E-state index in [4.69, 9.17) is 0 Å². The maximum Gasteiger partial charge on any atom is 0.241 e. The molecule has 1 aromatic rings. The molecule has 0 spiro atoms. The zero-order chi connectivity index (χ0) is 13.7. The van der Waals surface area contributed by atoms with Gasteiger partial charge in [0.15, 0.2) is 0 Å². The molecule has 0 saturated carbocycles. The fourth-order valence-electron chi connectivity index (χ4n) is 2.13. The van der Waals surface area contributed by atoms with Gasteiger partial charge in [0.1, 0.15) is 16.2 Å². The molecule has 0 aromatic carbocycles. The summed E-state index contributed by atoms with van der Waals surface area (Å²) in [4.78, 5) is 22.5. The number of aromatic nitrogens is 2. The topological polar surface area (TPSA) is 58.1 Å². The van der Waals surface area contributed by atoms with Crippen molar-refractivity contribution < 1.29 is 4.79 Å². The van der Waals surface area contributed by atoms with Crippen LogP contribution in [-0.4, -0.2) is 40.4 Å². The highest BCUT2D eigenvalue weighted by atomic mass is 79.9. The zero-order valence-electron chi connectivity index (χ0n) is 11.2. The third-order valence-electron chi connectivity index (χ3n) is 3.19. The van der Waals surface area contributed by atoms with Crippen molar-refractivity contribution in [2.24, 2.45) is 0 Å². The van der Waals surface area contributed by atoms with Crippen molar-refractivity contribution >= 4 is 27.7 Å². The number of aryl methyl sites for hydroxylation is 1. The molecule has 2 rings (SSSR count). The van der Waals surface area contributed by atoms with Crippen LogP contribution in [0.4, 0.5) is 5.82 Å². The monoisotopic (exact) mass is 326 g/mol. The average Bonchev–Trinajstić information content (AvgIpc) is 2.45. The Labute approximate surface area is 121 Å². The van der Waals surface area contributed by atoms with Gasteiger partial charge in [-0.1, -0.05) is 6.92 Å². The number of piperidine rings is 1. The van der Waals surface area contributed by atoms with Crippen molar-refractivity contribution in [3.63, 3.8) is 0 Å². The molecule has 1 fully saturated rings. The van der Waals surface area contributed by atoms with E-state index < -0.39 is 0 Å². The van der Waals surface area contributed by atoms with Crippen LogP contribution in [0.2, 0.25) is 0 Å². The van der Waals surface area contributed by atoms with E-state index >= 15 is 0 Å². The minimum atomic E-state index is 0.146. The van der Waals surface area contributed by atoms with Gasteiger partial charge < -0.3 is 10.2 Å². The highest BCUT2D eigenvalue weighted by Gasteiger charge is 2.16. The van der Waals surface area contributed by atoms with Gasteiger partial charge in [-0.05, 0) is 35.2 Å². The molecule has 1 aliphatic heterocycles. The van der Waals surface area contributed by atoms with E-state index in [-0.39, 0.29) is 5.91 Å². The van der Waals surface area contributed by atoms with Crippen molar-refractivity contribution in [3.8, 4) is 0 Å². The third-order valence-corrected chi connectivity index (χ3v) is 3.59. The molecule has 2 heterocycles. The molecule has 0 radical (unpaired) electrons. The van der Waals surface area contributed by atoms with Crippen LogP contribution < -0.4 is 5.32 Å². The number of likely N-dealkylation sites (tertiary alicyclic amines) is 1. The second-order valence-electron chi connectivity index (χ2n) is 4.64. The van der Waals surface area contributed by atoms with Crippen LogP contribution in [0, 0.1) is 0 Å². The average molecular weight is 327 g/mol. The minimum absolute atomic E-state index is 0.146. The molecule has 19 heavy (non-hydrogen) atoms. The molecule has 0 unspecified atom stereocenters. The van der Waals surface area contributed by atoms with Crippen LogP contribution >= 0.6 is 15.9 Å². The van der Waals surface area contributed by atoms with Crippen LogP contribution in [0.15, 0.2) is 10.7 Å². The zero-order valence-corrected chi connectivity index (χ0v) is 12.7. The van der Waals surface area contributed by atoms with Crippen molar-refractivity contribution in [1.82, 2.24) is 14.9 Å². The number of amides is 1. The van der Waals surface area contributed by atoms with E-state index in [1.807, 2.05) is 11.8 Å². The van der Waals surface area contributed by atoms with Gasteiger partial charge in [-0.15, -0.1) is 0 Å². The van der Waals surface area contributed by atoms with E-state index in [0.717, 1.165) is 42.8 Å². The van der Waals surface area contributed by atoms with Gasteiger partial charge in [-0.3, -0.25) is 4.79 Å². The van der Waals surface area contributed by atoms with Gasteiger partial charge in [0.05, 0.1) is 6.54 Å². The molecule has 0 atom stereocenters. The Balaban J connectivity index is 1.90. The number of nitrogens with zero attached hydrogens (tertiary/aromatic N) is 3. The Morgan fingerprint density at radius 2 is 2.11 bits per heavy atom. The first-order chi connectivity index (χ1) is 9.19. The highest BCUT2D eigenvalue weighted by molar-refractivity contribution is 9.10. The van der Waals surface area contributed by atoms with Crippen LogP contribution in [0.3, 0.4) is 0 Å². The molecule has 1 amide bonds. The number of halogens is 1. The molecular formula is C13H19BrN4O. The van der Waals surface area contributed by atoms with Gasteiger partial charge in [-0.2, -0.15) is 0 Å². The summed E-state index contributed by atoms with van der Waals surface area (Å²) in [6, 6.07) is 1.79. The number of hydrogen-bond donors (Lipinski definition) is 1. The number of hydrogen-bond acceptors (Lipinski definition) is 4. The Morgan fingerprint density at radius 3 is 2.79 bits per heavy atom. The fraction of sp³-hybridized carbons (Fsp3) is 0.615. The summed E-state index contributed by atoms with van der Waals surface area (Å²) in [5, 5.41) is 3.08. The predicted molar refractivity (Wildman–Crippen MR) is 78.0 cm³/mol. The highest BCUT2D eigenvalue weighted by Crippen LogP contribution is 2.13. The summed E-state index contributed by atoms with van der Waals surface area (Å²) in [7, 11) is 0. The second-order valence-corrected chi connectivity index (χ2v) is 5.45. The first kappa shape index (κ1) is 14.2. The second kappa shape index (κ2) is 6.84. The standard InChI is InChI=1S/C13H19BrN4O/c1-2-11-16-10(14)8-12(17-11)15-9-13(19)18-6-4-3-5-7-18/h8H,2-7,9H2,1H3,(H,15,16,17). The van der Waals surface area contributed by atoms with Gasteiger partial charge in [0, 0.05) is 25.6 Å². The molecule has 1 saturated heterocycles. The Bertz CT molecular complexity index is 446. The van der Waals surface area contributed by atoms with Gasteiger partial charge in [0.2, 0.25) is 5.91 Å². The lowest BCUT2D eigenvalue weighted by Crippen LogP contribution is -2.39. The van der Waals surface area contributed by atoms with E-state index in [1.165, 1.54) is 6.42 Å². The van der Waals surface area contributed by atoms with Gasteiger partial charge in [-0.25, -0.2) is 9.97 Å². The minimum Gasteiger partial charge on any atom is -0.361 e. The number of nitrogens with one attached hydrogen (secondary N) is 1. The fourth-order valence-corrected chi connectivity index (χ4v) is 2.56. The largest absolute Gasteiger partial charge is 0.361 e. The van der Waals surface area contributed by atoms with Crippen LogP contribution in [0.25, 0.3) is 0 Å². The van der Waals surface area contributed by atoms with Crippen LogP contribution in [-0.2, 0) is 11.2 Å². The lowest BCUT2D eigenvalue weighted by Gasteiger charge is -2.26. The summed E-state index contributed by atoms with van der Waals surface area (Å²) in [5.74, 6) is 1.61. The van der Waals surface area contributed by atoms with E-state index in [2.05, 4.69) is 31.2 Å². The summed E-state index contributed by atoms with van der Waals surface area (Å²) in [6.45, 7) is 4.07. The SMILES string of the molecule is CCc1nc(Br)cc(NCC(=O)N2CCCCC2)n1. The van der Waals surface area contributed by atoms with Crippen molar-refractivity contribution in [1.29, 1.82) is 0 Å². The Morgan fingerprint density at radius 1 is 1.37 bits per heavy atom. The Hall–Kier alpha value is -1.17. The normalized spacial score (nSPS) is 15.4. The van der Waals surface area contributed by atoms with Gasteiger partial charge in [0.25, 0.3) is 0 Å². The van der Waals surface area contributed by atoms with E-state index in [9.17, 15) is 4.79 Å². The number of carbonyl (C=O) groups excluding carboxylic acids is 1. The maximum atomic E-state index is 12.0. The number of anilines is 1. The first-order valence-corrected chi connectivity index (χ1v) is 7.53. The van der Waals surface area contributed by atoms with Crippen LogP contribution in [0.1, 0.15) is 32.0 Å². The molecule has 0 aliphatic carbocycles. The van der Waals surface area contributed by atoms with Crippen molar-refractivity contribution in [2.75, 3.05) is 25.0 Å². The van der Waals surface area contributed by atoms with E-state index in [0.29, 0.717) is 12.4 Å². The molecular weight excluding hydrogens is 308 g/mol. The number of rotatable bonds is 4. The quantitative estimate of drug-likeness (QED) is 0.862. The molecule has 6 heteroatoms. The van der Waals surface area contributed by atoms with Gasteiger partial charge >= 0.3 is 0 Å². The molecule has 1 N–H and O–H groups in total. The molecule has 1 aliphatic rings. The Kier molecular flexibility index (Phi) is 5.13. The summed E-state index contributed by atoms with van der Waals surface area (Å²) < 4.78 is 0.743. The molecule has 104 valence electrons. The molecule has 5 nitrogen and oxygen atoms in total. The summed E-state index contributed by atoms with van der Waals surface area (Å²) in [6.07, 6.45) is 4.24. The molecule has 0 bridgehead atoms. The smallest absolute Gasteiger partial charge is 0.241 e. The summed E-state index contributed by atoms with van der Waals surface area (Å²) >= 11 is 3.35. The van der Waals surface area contributed by atoms with E-state index in [1.54, 1.807) is 6.07 Å². The molecule has 1 aromatic heterocycles. The number of carbonyl (C=O) groups is 1. The first-order valence-electron chi connectivity index (χ1n) is 6.74. The lowest BCUT2D eigenvalue weighted by molar-refractivity contribution is -0.130. The van der Waals surface area contributed by atoms with Crippen molar-refractivity contribution in [2.45, 2.75) is 32.6 Å². The maximum absolute atomic E-state index is 12.0. The third kappa shape index (κ3) is 4.16. The lowest BCUT2D eigenvalue weighted by atomic mass is 10.1. The predicted octanol–water partition coefficient (Wildman–Crippen LogP) is 2.23. The van der Waals surface area contributed by atoms with Crippen molar-refractivity contribution in [3.05, 3.63) is 16.5 Å². The summed E-state index contributed by atoms with van der Waals surface area (Å²) in [5.41, 5.74) is 0. The van der Waals surface area contributed by atoms with Crippen LogP contribution in [0.5, 0.6) is 0 Å².